The van der Waals surface area contributed by atoms with E-state index < -0.39 is 0 Å². The summed E-state index contributed by atoms with van der Waals surface area (Å²) in [5, 5.41) is 12.1. The third kappa shape index (κ3) is 3.54. The second-order valence-corrected chi connectivity index (χ2v) is 2.86. The van der Waals surface area contributed by atoms with Gasteiger partial charge < -0.3 is 9.26 Å². The van der Waals surface area contributed by atoms with Crippen LogP contribution >= 0.6 is 0 Å². The fourth-order valence-electron chi connectivity index (χ4n) is 1.03. The third-order valence-electron chi connectivity index (χ3n) is 1.71. The quantitative estimate of drug-likeness (QED) is 0.635. The van der Waals surface area contributed by atoms with Crippen molar-refractivity contribution in [1.29, 1.82) is 5.26 Å². The zero-order chi connectivity index (χ0) is 10.2. The third-order valence-corrected chi connectivity index (χ3v) is 1.71. The molecule has 0 unspecified atom stereocenters. The maximum Gasteiger partial charge on any atom is 0.227 e. The summed E-state index contributed by atoms with van der Waals surface area (Å²) in [5.41, 5.74) is 0. The number of hydrogen-bond donors (Lipinski definition) is 0. The minimum absolute atomic E-state index is 0.416. The molecule has 0 aliphatic heterocycles. The first kappa shape index (κ1) is 10.7. The zero-order valence-corrected chi connectivity index (χ0v) is 8.19. The Balaban J connectivity index is 2.32. The standard InChI is InChI=1S/C9H13N3O2/c1-13-7-3-4-8-11-9(14-12-8)5-2-6-10/h2-5,7H2,1H3. The molecule has 5 heteroatoms. The Labute approximate surface area is 82.7 Å². The molecule has 0 fully saturated rings. The summed E-state index contributed by atoms with van der Waals surface area (Å²) in [6.07, 6.45) is 2.59. The number of hydrogen-bond acceptors (Lipinski definition) is 5. The number of nitriles is 1. The lowest BCUT2D eigenvalue weighted by molar-refractivity contribution is 0.194. The maximum absolute atomic E-state index is 8.35. The number of rotatable bonds is 6. The Kier molecular flexibility index (Phi) is 4.65. The predicted molar refractivity (Wildman–Crippen MR) is 48.4 cm³/mol. The van der Waals surface area contributed by atoms with E-state index in [1.165, 1.54) is 0 Å². The molecular formula is C9H13N3O2. The smallest absolute Gasteiger partial charge is 0.227 e. The molecule has 1 rings (SSSR count). The van der Waals surface area contributed by atoms with Gasteiger partial charge in [0.2, 0.25) is 5.89 Å². The van der Waals surface area contributed by atoms with Crippen LogP contribution in [0.15, 0.2) is 4.52 Å². The van der Waals surface area contributed by atoms with Gasteiger partial charge in [-0.3, -0.25) is 0 Å². The van der Waals surface area contributed by atoms with E-state index in [1.807, 2.05) is 6.07 Å². The van der Waals surface area contributed by atoms with Crippen LogP contribution in [0.4, 0.5) is 0 Å². The monoisotopic (exact) mass is 195 g/mol. The van der Waals surface area contributed by atoms with Crippen molar-refractivity contribution >= 4 is 0 Å². The number of aryl methyl sites for hydroxylation is 2. The van der Waals surface area contributed by atoms with Crippen LogP contribution in [0.1, 0.15) is 24.6 Å². The lowest BCUT2D eigenvalue weighted by Crippen LogP contribution is -1.94. The van der Waals surface area contributed by atoms with E-state index >= 15 is 0 Å². The highest BCUT2D eigenvalue weighted by Gasteiger charge is 2.04. The van der Waals surface area contributed by atoms with Crippen molar-refractivity contribution in [2.24, 2.45) is 0 Å². The molecule has 0 amide bonds. The van der Waals surface area contributed by atoms with Gasteiger partial charge in [0.15, 0.2) is 5.82 Å². The fourth-order valence-corrected chi connectivity index (χ4v) is 1.03. The number of nitrogens with zero attached hydrogens (tertiary/aromatic N) is 3. The molecule has 1 aromatic heterocycles. The largest absolute Gasteiger partial charge is 0.385 e. The van der Waals surface area contributed by atoms with Crippen LogP contribution in [-0.2, 0) is 17.6 Å². The number of methoxy groups -OCH3 is 1. The van der Waals surface area contributed by atoms with Crippen LogP contribution in [0.2, 0.25) is 0 Å². The van der Waals surface area contributed by atoms with Crippen molar-refractivity contribution in [3.63, 3.8) is 0 Å². The van der Waals surface area contributed by atoms with Crippen molar-refractivity contribution in [3.05, 3.63) is 11.7 Å². The summed E-state index contributed by atoms with van der Waals surface area (Å²) in [6.45, 7) is 0.696. The van der Waals surface area contributed by atoms with Gasteiger partial charge in [0.25, 0.3) is 0 Å². The van der Waals surface area contributed by atoms with Crippen LogP contribution in [0.5, 0.6) is 0 Å². The van der Waals surface area contributed by atoms with E-state index in [9.17, 15) is 0 Å². The molecule has 0 aromatic carbocycles. The van der Waals surface area contributed by atoms with Gasteiger partial charge in [0.1, 0.15) is 0 Å². The van der Waals surface area contributed by atoms with E-state index in [1.54, 1.807) is 7.11 Å². The first-order chi connectivity index (χ1) is 6.86. The van der Waals surface area contributed by atoms with E-state index in [2.05, 4.69) is 10.1 Å². The van der Waals surface area contributed by atoms with Gasteiger partial charge in [-0.05, 0) is 6.42 Å². The average Bonchev–Trinajstić information content (AvgIpc) is 2.63. The van der Waals surface area contributed by atoms with Crippen molar-refractivity contribution in [3.8, 4) is 6.07 Å². The maximum atomic E-state index is 8.35. The van der Waals surface area contributed by atoms with Gasteiger partial charge in [-0.25, -0.2) is 0 Å². The SMILES string of the molecule is COCCCc1noc(CCC#N)n1. The molecule has 0 spiro atoms. The Hall–Kier alpha value is -1.41. The molecule has 76 valence electrons. The van der Waals surface area contributed by atoms with Crippen molar-refractivity contribution in [1.82, 2.24) is 10.1 Å². The Morgan fingerprint density at radius 2 is 2.36 bits per heavy atom. The fraction of sp³-hybridized carbons (Fsp3) is 0.667. The van der Waals surface area contributed by atoms with Crippen LogP contribution in [-0.4, -0.2) is 23.9 Å². The van der Waals surface area contributed by atoms with Gasteiger partial charge in [-0.2, -0.15) is 10.2 Å². The molecule has 0 bridgehead atoms. The number of aromatic nitrogens is 2. The van der Waals surface area contributed by atoms with Crippen LogP contribution in [0.3, 0.4) is 0 Å². The molecule has 14 heavy (non-hydrogen) atoms. The highest BCUT2D eigenvalue weighted by atomic mass is 16.5. The Bertz CT molecular complexity index is 303. The van der Waals surface area contributed by atoms with Gasteiger partial charge in [-0.15, -0.1) is 0 Å². The van der Waals surface area contributed by atoms with E-state index in [0.717, 1.165) is 12.8 Å². The zero-order valence-electron chi connectivity index (χ0n) is 8.19. The minimum atomic E-state index is 0.416. The van der Waals surface area contributed by atoms with Crippen LogP contribution in [0.25, 0.3) is 0 Å². The molecule has 0 atom stereocenters. The van der Waals surface area contributed by atoms with E-state index in [-0.39, 0.29) is 0 Å². The van der Waals surface area contributed by atoms with Gasteiger partial charge in [0.05, 0.1) is 6.07 Å². The van der Waals surface area contributed by atoms with Gasteiger partial charge >= 0.3 is 0 Å². The van der Waals surface area contributed by atoms with E-state index in [0.29, 0.717) is 31.2 Å². The topological polar surface area (TPSA) is 71.9 Å². The highest BCUT2D eigenvalue weighted by Crippen LogP contribution is 2.02. The first-order valence-electron chi connectivity index (χ1n) is 4.54. The lowest BCUT2D eigenvalue weighted by Gasteiger charge is -1.92. The second-order valence-electron chi connectivity index (χ2n) is 2.86. The summed E-state index contributed by atoms with van der Waals surface area (Å²) in [5.74, 6) is 1.23. The molecular weight excluding hydrogens is 182 g/mol. The summed E-state index contributed by atoms with van der Waals surface area (Å²) in [7, 11) is 1.66. The van der Waals surface area contributed by atoms with Crippen LogP contribution < -0.4 is 0 Å². The van der Waals surface area contributed by atoms with E-state index in [4.69, 9.17) is 14.5 Å². The molecule has 0 saturated heterocycles. The number of ether oxygens (including phenoxy) is 1. The lowest BCUT2D eigenvalue weighted by atomic mass is 10.3. The summed E-state index contributed by atoms with van der Waals surface area (Å²) in [6, 6.07) is 2.03. The van der Waals surface area contributed by atoms with Gasteiger partial charge in [0, 0.05) is 33.0 Å². The van der Waals surface area contributed by atoms with Crippen LogP contribution in [0, 0.1) is 11.3 Å². The molecule has 1 heterocycles. The minimum Gasteiger partial charge on any atom is -0.385 e. The molecule has 0 radical (unpaired) electrons. The Morgan fingerprint density at radius 3 is 3.07 bits per heavy atom. The highest BCUT2D eigenvalue weighted by molar-refractivity contribution is 4.88. The van der Waals surface area contributed by atoms with Crippen molar-refractivity contribution < 1.29 is 9.26 Å². The average molecular weight is 195 g/mol. The molecule has 0 aliphatic rings. The van der Waals surface area contributed by atoms with Crippen molar-refractivity contribution in [2.75, 3.05) is 13.7 Å². The molecule has 0 saturated carbocycles. The molecule has 0 aliphatic carbocycles. The normalized spacial score (nSPS) is 10.0. The molecule has 0 N–H and O–H groups in total. The summed E-state index contributed by atoms with van der Waals surface area (Å²) >= 11 is 0. The first-order valence-corrected chi connectivity index (χ1v) is 4.54. The molecule has 5 nitrogen and oxygen atoms in total. The van der Waals surface area contributed by atoms with Gasteiger partial charge in [-0.1, -0.05) is 5.16 Å². The second kappa shape index (κ2) is 6.11. The Morgan fingerprint density at radius 1 is 1.50 bits per heavy atom. The predicted octanol–water partition coefficient (Wildman–Crippen LogP) is 1.10. The van der Waals surface area contributed by atoms with Crippen molar-refractivity contribution in [2.45, 2.75) is 25.7 Å². The molecule has 1 aromatic rings. The summed E-state index contributed by atoms with van der Waals surface area (Å²) in [4.78, 5) is 4.14. The summed E-state index contributed by atoms with van der Waals surface area (Å²) < 4.78 is 9.85.